The lowest BCUT2D eigenvalue weighted by atomic mass is 10.1. The summed E-state index contributed by atoms with van der Waals surface area (Å²) in [5.74, 6) is -0.312. The van der Waals surface area contributed by atoms with Crippen molar-refractivity contribution >= 4 is 5.97 Å². The second-order valence-corrected chi connectivity index (χ2v) is 3.44. The first kappa shape index (κ1) is 10.4. The highest BCUT2D eigenvalue weighted by atomic mass is 16.5. The quantitative estimate of drug-likeness (QED) is 0.796. The summed E-state index contributed by atoms with van der Waals surface area (Å²) in [5.41, 5.74) is 2.73. The first-order valence-corrected chi connectivity index (χ1v) is 4.94. The van der Waals surface area contributed by atoms with Crippen LogP contribution in [0.5, 0.6) is 0 Å². The Bertz CT molecular complexity index is 460. The molecule has 4 nitrogen and oxygen atoms in total. The number of carbonyl (C=O) groups excluding carboxylic acids is 1. The molecular weight excluding hydrogens is 204 g/mol. The van der Waals surface area contributed by atoms with Gasteiger partial charge in [0.2, 0.25) is 0 Å². The van der Waals surface area contributed by atoms with E-state index in [1.807, 2.05) is 12.1 Å². The van der Waals surface area contributed by atoms with E-state index in [2.05, 4.69) is 14.7 Å². The summed E-state index contributed by atoms with van der Waals surface area (Å²) in [6.07, 6.45) is 4.22. The highest BCUT2D eigenvalue weighted by molar-refractivity contribution is 5.89. The second-order valence-electron chi connectivity index (χ2n) is 3.44. The van der Waals surface area contributed by atoms with E-state index in [9.17, 15) is 4.79 Å². The number of aromatic nitrogens is 2. The van der Waals surface area contributed by atoms with E-state index in [4.69, 9.17) is 0 Å². The van der Waals surface area contributed by atoms with Crippen LogP contribution in [-0.2, 0) is 11.2 Å². The molecule has 0 fully saturated rings. The number of H-pyrrole nitrogens is 1. The number of methoxy groups -OCH3 is 1. The fourth-order valence-electron chi connectivity index (χ4n) is 1.48. The van der Waals surface area contributed by atoms with Crippen LogP contribution >= 0.6 is 0 Å². The largest absolute Gasteiger partial charge is 0.465 e. The molecule has 0 atom stereocenters. The molecule has 82 valence electrons. The fraction of sp³-hybridized carbons (Fsp3) is 0.167. The Morgan fingerprint density at radius 3 is 2.69 bits per heavy atom. The summed E-state index contributed by atoms with van der Waals surface area (Å²) < 4.78 is 4.63. The van der Waals surface area contributed by atoms with E-state index in [0.29, 0.717) is 5.56 Å². The van der Waals surface area contributed by atoms with E-state index in [0.717, 1.165) is 17.7 Å². The van der Waals surface area contributed by atoms with Gasteiger partial charge in [0, 0.05) is 18.3 Å². The summed E-state index contributed by atoms with van der Waals surface area (Å²) in [7, 11) is 1.38. The molecule has 0 radical (unpaired) electrons. The second kappa shape index (κ2) is 4.61. The maximum atomic E-state index is 11.2. The van der Waals surface area contributed by atoms with Crippen molar-refractivity contribution in [1.82, 2.24) is 9.97 Å². The minimum Gasteiger partial charge on any atom is -0.465 e. The number of benzene rings is 1. The molecule has 1 aromatic carbocycles. The first-order valence-electron chi connectivity index (χ1n) is 4.94. The van der Waals surface area contributed by atoms with Crippen LogP contribution in [0.1, 0.15) is 21.6 Å². The average molecular weight is 216 g/mol. The number of esters is 1. The van der Waals surface area contributed by atoms with Gasteiger partial charge in [-0.2, -0.15) is 0 Å². The van der Waals surface area contributed by atoms with Crippen molar-refractivity contribution in [2.45, 2.75) is 6.42 Å². The van der Waals surface area contributed by atoms with Gasteiger partial charge in [0.05, 0.1) is 19.0 Å². The van der Waals surface area contributed by atoms with Crippen LogP contribution in [-0.4, -0.2) is 23.0 Å². The first-order chi connectivity index (χ1) is 7.79. The molecule has 0 bridgehead atoms. The van der Waals surface area contributed by atoms with E-state index < -0.39 is 0 Å². The Labute approximate surface area is 93.3 Å². The van der Waals surface area contributed by atoms with Gasteiger partial charge in [-0.05, 0) is 17.7 Å². The lowest BCUT2D eigenvalue weighted by Crippen LogP contribution is -2.01. The summed E-state index contributed by atoms with van der Waals surface area (Å²) in [6, 6.07) is 7.34. The maximum absolute atomic E-state index is 11.2. The Kier molecular flexibility index (Phi) is 3.00. The Hall–Kier alpha value is -2.10. The smallest absolute Gasteiger partial charge is 0.337 e. The number of hydrogen-bond donors (Lipinski definition) is 1. The van der Waals surface area contributed by atoms with Crippen LogP contribution in [0.3, 0.4) is 0 Å². The molecule has 0 aliphatic rings. The van der Waals surface area contributed by atoms with Gasteiger partial charge in [-0.1, -0.05) is 12.1 Å². The van der Waals surface area contributed by atoms with Gasteiger partial charge < -0.3 is 9.72 Å². The zero-order valence-electron chi connectivity index (χ0n) is 8.93. The Morgan fingerprint density at radius 1 is 1.38 bits per heavy atom. The molecule has 0 amide bonds. The van der Waals surface area contributed by atoms with Crippen LogP contribution in [0, 0.1) is 0 Å². The number of aromatic amines is 1. The highest BCUT2D eigenvalue weighted by Gasteiger charge is 2.04. The summed E-state index contributed by atoms with van der Waals surface area (Å²) in [6.45, 7) is 0. The number of hydrogen-bond acceptors (Lipinski definition) is 3. The molecule has 4 heteroatoms. The molecule has 0 saturated heterocycles. The van der Waals surface area contributed by atoms with Crippen LogP contribution in [0.2, 0.25) is 0 Å². The molecule has 0 unspecified atom stereocenters. The van der Waals surface area contributed by atoms with Crippen LogP contribution < -0.4 is 0 Å². The topological polar surface area (TPSA) is 55.0 Å². The van der Waals surface area contributed by atoms with E-state index in [1.165, 1.54) is 7.11 Å². The van der Waals surface area contributed by atoms with Gasteiger partial charge in [0.25, 0.3) is 0 Å². The fourth-order valence-corrected chi connectivity index (χ4v) is 1.48. The molecule has 1 heterocycles. The number of imidazole rings is 1. The monoisotopic (exact) mass is 216 g/mol. The highest BCUT2D eigenvalue weighted by Crippen LogP contribution is 2.09. The molecule has 1 aromatic heterocycles. The van der Waals surface area contributed by atoms with E-state index >= 15 is 0 Å². The van der Waals surface area contributed by atoms with Crippen molar-refractivity contribution < 1.29 is 9.53 Å². The number of nitrogens with one attached hydrogen (secondary N) is 1. The van der Waals surface area contributed by atoms with Crippen LogP contribution in [0.25, 0.3) is 0 Å². The van der Waals surface area contributed by atoms with Crippen molar-refractivity contribution in [3.8, 4) is 0 Å². The van der Waals surface area contributed by atoms with Gasteiger partial charge in [0.1, 0.15) is 0 Å². The average Bonchev–Trinajstić information content (AvgIpc) is 2.82. The molecule has 2 aromatic rings. The molecule has 0 aliphatic heterocycles. The lowest BCUT2D eigenvalue weighted by Gasteiger charge is -2.01. The lowest BCUT2D eigenvalue weighted by molar-refractivity contribution is 0.0600. The number of nitrogens with zero attached hydrogens (tertiary/aromatic N) is 1. The van der Waals surface area contributed by atoms with Crippen molar-refractivity contribution in [2.24, 2.45) is 0 Å². The zero-order valence-corrected chi connectivity index (χ0v) is 8.93. The van der Waals surface area contributed by atoms with Crippen LogP contribution in [0.15, 0.2) is 36.8 Å². The number of ether oxygens (including phenoxy) is 1. The summed E-state index contributed by atoms with van der Waals surface area (Å²) in [5, 5.41) is 0. The van der Waals surface area contributed by atoms with Crippen molar-refractivity contribution in [3.63, 3.8) is 0 Å². The maximum Gasteiger partial charge on any atom is 0.337 e. The molecule has 0 saturated carbocycles. The predicted octanol–water partition coefficient (Wildman–Crippen LogP) is 1.79. The van der Waals surface area contributed by atoms with Crippen molar-refractivity contribution in [2.75, 3.05) is 7.11 Å². The van der Waals surface area contributed by atoms with E-state index in [1.54, 1.807) is 24.7 Å². The Morgan fingerprint density at radius 2 is 2.12 bits per heavy atom. The third-order valence-corrected chi connectivity index (χ3v) is 2.32. The van der Waals surface area contributed by atoms with Crippen LogP contribution in [0.4, 0.5) is 0 Å². The van der Waals surface area contributed by atoms with Gasteiger partial charge in [-0.25, -0.2) is 9.78 Å². The normalized spacial score (nSPS) is 10.1. The van der Waals surface area contributed by atoms with Gasteiger partial charge in [-0.3, -0.25) is 0 Å². The van der Waals surface area contributed by atoms with Gasteiger partial charge >= 0.3 is 5.97 Å². The molecule has 1 N–H and O–H groups in total. The van der Waals surface area contributed by atoms with Crippen molar-refractivity contribution in [1.29, 1.82) is 0 Å². The zero-order chi connectivity index (χ0) is 11.4. The minimum absolute atomic E-state index is 0.312. The Balaban J connectivity index is 2.10. The summed E-state index contributed by atoms with van der Waals surface area (Å²) in [4.78, 5) is 18.2. The molecular formula is C12H12N2O2. The van der Waals surface area contributed by atoms with E-state index in [-0.39, 0.29) is 5.97 Å². The van der Waals surface area contributed by atoms with Gasteiger partial charge in [0.15, 0.2) is 0 Å². The SMILES string of the molecule is COC(=O)c1ccc(Cc2cnc[nH]2)cc1. The molecule has 0 aliphatic carbocycles. The minimum atomic E-state index is -0.312. The molecule has 0 spiro atoms. The molecule has 16 heavy (non-hydrogen) atoms. The standard InChI is InChI=1S/C12H12N2O2/c1-16-12(15)10-4-2-9(3-5-10)6-11-7-13-8-14-11/h2-5,7-8H,6H2,1H3,(H,13,14). The number of rotatable bonds is 3. The predicted molar refractivity (Wildman–Crippen MR) is 59.2 cm³/mol. The summed E-state index contributed by atoms with van der Waals surface area (Å²) >= 11 is 0. The third kappa shape index (κ3) is 2.28. The third-order valence-electron chi connectivity index (χ3n) is 2.32. The number of carbonyl (C=O) groups is 1. The van der Waals surface area contributed by atoms with Crippen molar-refractivity contribution in [3.05, 3.63) is 53.6 Å². The van der Waals surface area contributed by atoms with Gasteiger partial charge in [-0.15, -0.1) is 0 Å². The molecule has 2 rings (SSSR count).